The molecule has 0 spiro atoms. The van der Waals surface area contributed by atoms with Crippen LogP contribution < -0.4 is 0 Å². The minimum Gasteiger partial charge on any atom is -0.513 e. The van der Waals surface area contributed by atoms with Crippen molar-refractivity contribution in [2.75, 3.05) is 0 Å². The lowest BCUT2D eigenvalue weighted by molar-refractivity contribution is 0.157. The molecule has 4 nitrogen and oxygen atoms in total. The number of benzene rings is 2. The molecule has 2 atom stereocenters. The van der Waals surface area contributed by atoms with Crippen LogP contribution in [0.15, 0.2) is 72.0 Å². The molecule has 0 aliphatic rings. The van der Waals surface area contributed by atoms with Crippen LogP contribution in [0.5, 0.6) is 11.5 Å². The van der Waals surface area contributed by atoms with E-state index in [4.69, 9.17) is 0 Å². The minimum atomic E-state index is -0.834. The number of hydrogen-bond donors (Lipinski definition) is 4. The first kappa shape index (κ1) is 17.6. The molecule has 4 heteroatoms. The molecule has 0 aliphatic heterocycles. The summed E-state index contributed by atoms with van der Waals surface area (Å²) in [6.45, 7) is 3.45. The molecule has 24 heavy (non-hydrogen) atoms. The molecular formula is C20H22O4. The number of rotatable bonds is 5. The van der Waals surface area contributed by atoms with Gasteiger partial charge < -0.3 is 20.4 Å². The quantitative estimate of drug-likeness (QED) is 0.487. The summed E-state index contributed by atoms with van der Waals surface area (Å²) >= 11 is 0. The van der Waals surface area contributed by atoms with E-state index in [1.807, 2.05) is 6.92 Å². The molecule has 0 bridgehead atoms. The van der Waals surface area contributed by atoms with Crippen molar-refractivity contribution in [1.29, 1.82) is 0 Å². The second kappa shape index (κ2) is 7.70. The highest BCUT2D eigenvalue weighted by atomic mass is 16.3. The van der Waals surface area contributed by atoms with Crippen LogP contribution >= 0.6 is 0 Å². The van der Waals surface area contributed by atoms with Gasteiger partial charge in [-0.05, 0) is 55.3 Å². The molecular weight excluding hydrogens is 304 g/mol. The summed E-state index contributed by atoms with van der Waals surface area (Å²) < 4.78 is 0. The molecule has 0 amide bonds. The van der Waals surface area contributed by atoms with Crippen LogP contribution in [0.3, 0.4) is 0 Å². The third kappa shape index (κ3) is 4.40. The summed E-state index contributed by atoms with van der Waals surface area (Å²) in [5.41, 5.74) is 2.36. The predicted molar refractivity (Wildman–Crippen MR) is 94.1 cm³/mol. The van der Waals surface area contributed by atoms with Gasteiger partial charge in [-0.2, -0.15) is 0 Å². The maximum Gasteiger partial charge on any atom is 0.115 e. The molecule has 0 aliphatic carbocycles. The van der Waals surface area contributed by atoms with Crippen LogP contribution in [0, 0.1) is 0 Å². The maximum atomic E-state index is 10.9. The monoisotopic (exact) mass is 326 g/mol. The van der Waals surface area contributed by atoms with Crippen molar-refractivity contribution in [1.82, 2.24) is 0 Å². The van der Waals surface area contributed by atoms with Gasteiger partial charge in [0.2, 0.25) is 0 Å². The number of aliphatic hydroxyl groups is 2. The topological polar surface area (TPSA) is 80.9 Å². The van der Waals surface area contributed by atoms with Gasteiger partial charge in [0.15, 0.2) is 0 Å². The standard InChI is InChI=1S/C20H22O4/c1-13(3-4-14(2)21)19(15-5-9-17(22)10-6-15)20(24)16-7-11-18(23)12-8-16/h3-12,19-24H,1-2H3/b13-3+,14-4+. The van der Waals surface area contributed by atoms with Gasteiger partial charge >= 0.3 is 0 Å². The second-order valence-corrected chi connectivity index (χ2v) is 5.82. The Morgan fingerprint density at radius 3 is 1.71 bits per heavy atom. The Balaban J connectivity index is 2.45. The van der Waals surface area contributed by atoms with Crippen LogP contribution in [0.2, 0.25) is 0 Å². The van der Waals surface area contributed by atoms with Gasteiger partial charge in [0, 0.05) is 5.92 Å². The van der Waals surface area contributed by atoms with Crippen molar-refractivity contribution in [2.24, 2.45) is 0 Å². The van der Waals surface area contributed by atoms with E-state index in [0.29, 0.717) is 5.56 Å². The first-order chi connectivity index (χ1) is 11.4. The summed E-state index contributed by atoms with van der Waals surface area (Å²) in [5, 5.41) is 39.1. The zero-order valence-electron chi connectivity index (χ0n) is 13.7. The molecule has 0 fully saturated rings. The van der Waals surface area contributed by atoms with Crippen molar-refractivity contribution in [3.63, 3.8) is 0 Å². The number of phenolic OH excluding ortho intramolecular Hbond substituents is 2. The summed E-state index contributed by atoms with van der Waals surface area (Å²) in [6.07, 6.45) is 2.50. The first-order valence-corrected chi connectivity index (χ1v) is 7.68. The Hall–Kier alpha value is -2.72. The van der Waals surface area contributed by atoms with E-state index in [1.54, 1.807) is 55.5 Å². The summed E-state index contributed by atoms with van der Waals surface area (Å²) in [6, 6.07) is 13.1. The van der Waals surface area contributed by atoms with E-state index in [-0.39, 0.29) is 23.2 Å². The molecule has 0 saturated heterocycles. The number of hydrogen-bond acceptors (Lipinski definition) is 4. The summed E-state index contributed by atoms with van der Waals surface area (Å²) in [4.78, 5) is 0. The highest BCUT2D eigenvalue weighted by Crippen LogP contribution is 2.37. The van der Waals surface area contributed by atoms with Crippen molar-refractivity contribution in [3.05, 3.63) is 83.1 Å². The van der Waals surface area contributed by atoms with Crippen LogP contribution in [0.4, 0.5) is 0 Å². The van der Waals surface area contributed by atoms with Gasteiger partial charge in [0.1, 0.15) is 11.5 Å². The van der Waals surface area contributed by atoms with Gasteiger partial charge in [-0.3, -0.25) is 0 Å². The Labute approximate surface area is 141 Å². The van der Waals surface area contributed by atoms with E-state index in [9.17, 15) is 20.4 Å². The zero-order valence-corrected chi connectivity index (χ0v) is 13.7. The Morgan fingerprint density at radius 1 is 0.792 bits per heavy atom. The molecule has 2 aromatic carbocycles. The van der Waals surface area contributed by atoms with Crippen LogP contribution in [-0.4, -0.2) is 20.4 Å². The van der Waals surface area contributed by atoms with Crippen molar-refractivity contribution in [3.8, 4) is 11.5 Å². The smallest absolute Gasteiger partial charge is 0.115 e. The molecule has 126 valence electrons. The molecule has 0 heterocycles. The average molecular weight is 326 g/mol. The third-order valence-corrected chi connectivity index (χ3v) is 3.88. The SMILES string of the molecule is C/C(O)=C\C=C(/C)C(c1ccc(O)cc1)C(O)c1ccc(O)cc1. The van der Waals surface area contributed by atoms with Gasteiger partial charge in [0.05, 0.1) is 11.9 Å². The van der Waals surface area contributed by atoms with E-state index in [0.717, 1.165) is 11.1 Å². The highest BCUT2D eigenvalue weighted by Gasteiger charge is 2.24. The Morgan fingerprint density at radius 2 is 1.25 bits per heavy atom. The largest absolute Gasteiger partial charge is 0.513 e. The normalized spacial score (nSPS) is 15.1. The number of allylic oxidation sites excluding steroid dienone is 3. The van der Waals surface area contributed by atoms with E-state index < -0.39 is 6.10 Å². The van der Waals surface area contributed by atoms with Gasteiger partial charge in [-0.1, -0.05) is 35.9 Å². The molecule has 2 rings (SSSR count). The molecule has 0 radical (unpaired) electrons. The number of phenols is 2. The van der Waals surface area contributed by atoms with E-state index in [2.05, 4.69) is 0 Å². The fourth-order valence-corrected chi connectivity index (χ4v) is 2.60. The molecule has 0 aromatic heterocycles. The van der Waals surface area contributed by atoms with Gasteiger partial charge in [-0.25, -0.2) is 0 Å². The first-order valence-electron chi connectivity index (χ1n) is 7.68. The van der Waals surface area contributed by atoms with Crippen molar-refractivity contribution in [2.45, 2.75) is 25.9 Å². The van der Waals surface area contributed by atoms with Crippen LogP contribution in [0.25, 0.3) is 0 Å². The Kier molecular flexibility index (Phi) is 5.66. The van der Waals surface area contributed by atoms with E-state index in [1.165, 1.54) is 12.1 Å². The molecule has 0 saturated carbocycles. The summed E-state index contributed by atoms with van der Waals surface area (Å²) in [7, 11) is 0. The van der Waals surface area contributed by atoms with Crippen molar-refractivity contribution >= 4 is 0 Å². The third-order valence-electron chi connectivity index (χ3n) is 3.88. The fourth-order valence-electron chi connectivity index (χ4n) is 2.60. The van der Waals surface area contributed by atoms with Gasteiger partial charge in [0.25, 0.3) is 0 Å². The maximum absolute atomic E-state index is 10.9. The Bertz CT molecular complexity index is 723. The lowest BCUT2D eigenvalue weighted by Crippen LogP contribution is -2.12. The second-order valence-electron chi connectivity index (χ2n) is 5.82. The molecule has 2 aromatic rings. The number of aromatic hydroxyl groups is 2. The molecule has 2 unspecified atom stereocenters. The predicted octanol–water partition coefficient (Wildman–Crippen LogP) is 4.32. The number of aliphatic hydroxyl groups excluding tert-OH is 2. The van der Waals surface area contributed by atoms with Gasteiger partial charge in [-0.15, -0.1) is 0 Å². The van der Waals surface area contributed by atoms with Crippen LogP contribution in [-0.2, 0) is 0 Å². The average Bonchev–Trinajstić information content (AvgIpc) is 2.55. The minimum absolute atomic E-state index is 0.137. The fraction of sp³-hybridized carbons (Fsp3) is 0.200. The van der Waals surface area contributed by atoms with Crippen LogP contribution in [0.1, 0.15) is 37.0 Å². The highest BCUT2D eigenvalue weighted by molar-refractivity contribution is 5.38. The summed E-state index contributed by atoms with van der Waals surface area (Å²) in [5.74, 6) is 0.117. The molecule has 4 N–H and O–H groups in total. The zero-order chi connectivity index (χ0) is 17.7. The van der Waals surface area contributed by atoms with Crippen molar-refractivity contribution < 1.29 is 20.4 Å². The lowest BCUT2D eigenvalue weighted by Gasteiger charge is -2.25. The lowest BCUT2D eigenvalue weighted by atomic mass is 9.83. The van der Waals surface area contributed by atoms with E-state index >= 15 is 0 Å².